The number of anilines is 2. The topological polar surface area (TPSA) is 84.6 Å². The van der Waals surface area contributed by atoms with E-state index in [1.807, 2.05) is 12.1 Å². The summed E-state index contributed by atoms with van der Waals surface area (Å²) in [6.07, 6.45) is 1.64. The van der Waals surface area contributed by atoms with Crippen molar-refractivity contribution in [3.63, 3.8) is 0 Å². The van der Waals surface area contributed by atoms with Crippen molar-refractivity contribution in [2.75, 3.05) is 43.9 Å². The van der Waals surface area contributed by atoms with E-state index in [2.05, 4.69) is 15.1 Å². The fraction of sp³-hybridized carbons (Fsp3) is 0.312. The van der Waals surface area contributed by atoms with Crippen molar-refractivity contribution in [2.45, 2.75) is 0 Å². The molecule has 7 nitrogen and oxygen atoms in total. The second kappa shape index (κ2) is 9.66. The van der Waals surface area contributed by atoms with E-state index in [0.29, 0.717) is 48.2 Å². The molecule has 10 heteroatoms. The van der Waals surface area contributed by atoms with Crippen LogP contribution in [-0.2, 0) is 0 Å². The molecule has 0 saturated carbocycles. The van der Waals surface area contributed by atoms with Crippen LogP contribution in [0.2, 0.25) is 5.02 Å². The standard InChI is InChI=1S/C16H18ClN5O2.2ClH/c1-24-14-10-13(18)12(17)9-11(14)16(23)22-7-5-21(6-8-22)15-3-2-4-19-20-15;;/h2-4,9-10H,5-8,18H2,1H3;2*1H. The lowest BCUT2D eigenvalue weighted by molar-refractivity contribution is 0.0743. The molecular weight excluding hydrogens is 401 g/mol. The lowest BCUT2D eigenvalue weighted by Gasteiger charge is -2.35. The van der Waals surface area contributed by atoms with Gasteiger partial charge in [-0.05, 0) is 18.2 Å². The lowest BCUT2D eigenvalue weighted by Crippen LogP contribution is -2.49. The molecule has 1 amide bonds. The van der Waals surface area contributed by atoms with Crippen molar-refractivity contribution >= 4 is 53.8 Å². The number of aromatic nitrogens is 2. The Bertz CT molecular complexity index is 740. The van der Waals surface area contributed by atoms with E-state index in [0.717, 1.165) is 5.82 Å². The largest absolute Gasteiger partial charge is 0.496 e. The lowest BCUT2D eigenvalue weighted by atomic mass is 10.1. The third-order valence-electron chi connectivity index (χ3n) is 4.00. The van der Waals surface area contributed by atoms with E-state index in [1.54, 1.807) is 23.2 Å². The Kier molecular flexibility index (Phi) is 8.20. The van der Waals surface area contributed by atoms with Gasteiger partial charge in [-0.25, -0.2) is 0 Å². The summed E-state index contributed by atoms with van der Waals surface area (Å²) in [6, 6.07) is 6.90. The number of carbonyl (C=O) groups excluding carboxylic acids is 1. The van der Waals surface area contributed by atoms with Crippen molar-refractivity contribution in [3.8, 4) is 5.75 Å². The maximum atomic E-state index is 12.8. The first-order chi connectivity index (χ1) is 11.6. The number of ether oxygens (including phenoxy) is 1. The van der Waals surface area contributed by atoms with Crippen LogP contribution in [0.4, 0.5) is 11.5 Å². The Balaban J connectivity index is 0.00000169. The molecule has 1 aliphatic heterocycles. The van der Waals surface area contributed by atoms with E-state index < -0.39 is 0 Å². The van der Waals surface area contributed by atoms with Crippen LogP contribution in [0.15, 0.2) is 30.5 Å². The quantitative estimate of drug-likeness (QED) is 0.768. The molecule has 26 heavy (non-hydrogen) atoms. The first-order valence-corrected chi connectivity index (χ1v) is 7.93. The van der Waals surface area contributed by atoms with Crippen molar-refractivity contribution < 1.29 is 9.53 Å². The maximum Gasteiger partial charge on any atom is 0.257 e. The predicted octanol–water partition coefficient (Wildman–Crippen LogP) is 2.53. The average Bonchev–Trinajstić information content (AvgIpc) is 2.64. The highest BCUT2D eigenvalue weighted by Crippen LogP contribution is 2.30. The monoisotopic (exact) mass is 419 g/mol. The van der Waals surface area contributed by atoms with Gasteiger partial charge >= 0.3 is 0 Å². The number of nitrogens with zero attached hydrogens (tertiary/aromatic N) is 4. The van der Waals surface area contributed by atoms with E-state index >= 15 is 0 Å². The van der Waals surface area contributed by atoms with Crippen LogP contribution in [0.3, 0.4) is 0 Å². The van der Waals surface area contributed by atoms with Gasteiger partial charge in [0.25, 0.3) is 5.91 Å². The molecule has 2 heterocycles. The second-order valence-electron chi connectivity index (χ2n) is 5.44. The van der Waals surface area contributed by atoms with Gasteiger partial charge in [-0.15, -0.1) is 29.9 Å². The van der Waals surface area contributed by atoms with Crippen LogP contribution in [0.25, 0.3) is 0 Å². The zero-order valence-electron chi connectivity index (χ0n) is 14.1. The molecule has 1 saturated heterocycles. The van der Waals surface area contributed by atoms with Crippen molar-refractivity contribution in [1.82, 2.24) is 15.1 Å². The summed E-state index contributed by atoms with van der Waals surface area (Å²) in [5.74, 6) is 1.13. The Morgan fingerprint density at radius 3 is 2.50 bits per heavy atom. The summed E-state index contributed by atoms with van der Waals surface area (Å²) in [5, 5.41) is 8.33. The van der Waals surface area contributed by atoms with Gasteiger partial charge in [0.1, 0.15) is 5.75 Å². The minimum absolute atomic E-state index is 0. The molecule has 1 aromatic carbocycles. The van der Waals surface area contributed by atoms with Gasteiger partial charge in [0, 0.05) is 38.4 Å². The van der Waals surface area contributed by atoms with Crippen LogP contribution in [0.5, 0.6) is 5.75 Å². The van der Waals surface area contributed by atoms with Gasteiger partial charge in [0.2, 0.25) is 0 Å². The minimum atomic E-state index is -0.118. The Labute approximate surface area is 169 Å². The van der Waals surface area contributed by atoms with Gasteiger partial charge in [-0.1, -0.05) is 11.6 Å². The molecule has 2 aromatic rings. The molecule has 0 unspecified atom stereocenters. The van der Waals surface area contributed by atoms with Gasteiger partial charge < -0.3 is 20.3 Å². The van der Waals surface area contributed by atoms with Gasteiger partial charge in [-0.2, -0.15) is 5.10 Å². The predicted molar refractivity (Wildman–Crippen MR) is 107 cm³/mol. The first kappa shape index (κ1) is 22.1. The molecule has 0 atom stereocenters. The number of hydrogen-bond donors (Lipinski definition) is 1. The number of hydrogen-bond acceptors (Lipinski definition) is 6. The highest BCUT2D eigenvalue weighted by atomic mass is 35.5. The Morgan fingerprint density at radius 1 is 1.23 bits per heavy atom. The highest BCUT2D eigenvalue weighted by Gasteiger charge is 2.25. The fourth-order valence-corrected chi connectivity index (χ4v) is 2.84. The van der Waals surface area contributed by atoms with Crippen LogP contribution in [0, 0.1) is 0 Å². The minimum Gasteiger partial charge on any atom is -0.496 e. The summed E-state index contributed by atoms with van der Waals surface area (Å²) < 4.78 is 5.27. The van der Waals surface area contributed by atoms with E-state index in [-0.39, 0.29) is 30.7 Å². The number of benzene rings is 1. The van der Waals surface area contributed by atoms with Crippen molar-refractivity contribution in [3.05, 3.63) is 41.0 Å². The first-order valence-electron chi connectivity index (χ1n) is 7.55. The van der Waals surface area contributed by atoms with Crippen molar-refractivity contribution in [2.24, 2.45) is 0 Å². The number of nitrogens with two attached hydrogens (primary N) is 1. The van der Waals surface area contributed by atoms with Crippen molar-refractivity contribution in [1.29, 1.82) is 0 Å². The fourth-order valence-electron chi connectivity index (χ4n) is 2.68. The molecule has 142 valence electrons. The zero-order valence-corrected chi connectivity index (χ0v) is 16.5. The molecule has 1 aromatic heterocycles. The van der Waals surface area contributed by atoms with Crippen LogP contribution in [-0.4, -0.2) is 54.3 Å². The molecule has 2 N–H and O–H groups in total. The molecular formula is C16H20Cl3N5O2. The van der Waals surface area contributed by atoms with Gasteiger partial charge in [0.05, 0.1) is 23.4 Å². The van der Waals surface area contributed by atoms with E-state index in [9.17, 15) is 4.79 Å². The summed E-state index contributed by atoms with van der Waals surface area (Å²) >= 11 is 6.05. The number of carbonyl (C=O) groups is 1. The Morgan fingerprint density at radius 2 is 1.92 bits per heavy atom. The molecule has 0 radical (unpaired) electrons. The number of rotatable bonds is 3. The highest BCUT2D eigenvalue weighted by molar-refractivity contribution is 6.33. The van der Waals surface area contributed by atoms with Gasteiger partial charge in [-0.3, -0.25) is 4.79 Å². The SMILES string of the molecule is COc1cc(N)c(Cl)cc1C(=O)N1CCN(c2cccnn2)CC1.Cl.Cl. The Hall–Kier alpha value is -1.96. The molecule has 0 bridgehead atoms. The maximum absolute atomic E-state index is 12.8. The van der Waals surface area contributed by atoms with Crippen LogP contribution >= 0.6 is 36.4 Å². The normalized spacial score (nSPS) is 13.5. The average molecular weight is 421 g/mol. The van der Waals surface area contributed by atoms with Crippen LogP contribution in [0.1, 0.15) is 10.4 Å². The van der Waals surface area contributed by atoms with Crippen LogP contribution < -0.4 is 15.4 Å². The van der Waals surface area contributed by atoms with E-state index in [4.69, 9.17) is 22.1 Å². The number of piperazine rings is 1. The molecule has 3 rings (SSSR count). The molecule has 0 spiro atoms. The number of nitrogen functional groups attached to an aromatic ring is 1. The summed E-state index contributed by atoms with van der Waals surface area (Å²) in [5.41, 5.74) is 6.58. The second-order valence-corrected chi connectivity index (χ2v) is 5.84. The van der Waals surface area contributed by atoms with Gasteiger partial charge in [0.15, 0.2) is 5.82 Å². The molecule has 1 fully saturated rings. The third-order valence-corrected chi connectivity index (χ3v) is 4.33. The summed E-state index contributed by atoms with van der Waals surface area (Å²) in [6.45, 7) is 2.55. The number of methoxy groups -OCH3 is 1. The summed E-state index contributed by atoms with van der Waals surface area (Å²) in [7, 11) is 1.51. The van der Waals surface area contributed by atoms with E-state index in [1.165, 1.54) is 7.11 Å². The molecule has 1 aliphatic rings. The number of amides is 1. The summed E-state index contributed by atoms with van der Waals surface area (Å²) in [4.78, 5) is 16.7. The smallest absolute Gasteiger partial charge is 0.257 e. The number of halogens is 3. The molecule has 0 aliphatic carbocycles. The third kappa shape index (κ3) is 4.60. The zero-order chi connectivity index (χ0) is 17.1.